The molecule has 1 fully saturated rings. The Bertz CT molecular complexity index is 1130. The standard InChI is InChI=1S/C22H26N8O2/c1-3-4-11-29-18-19(26-21(29)28-10-6-8-16(24)13-28)27(2)22(32)30(20(18)31)14-17-15(12-23)7-5-9-25-17/h5,7,9,16,22,32H,6,8,10-11,13-14,24H2,1-2H3/t16-,22?/m1/s1. The lowest BCUT2D eigenvalue weighted by Gasteiger charge is -2.38. The van der Waals surface area contributed by atoms with Gasteiger partial charge in [0, 0.05) is 32.4 Å². The van der Waals surface area contributed by atoms with Crippen molar-refractivity contribution in [1.82, 2.24) is 19.4 Å². The number of aliphatic hydroxyl groups is 1. The van der Waals surface area contributed by atoms with Crippen LogP contribution in [0.15, 0.2) is 18.3 Å². The fraction of sp³-hybridized carbons (Fsp3) is 0.455. The van der Waals surface area contributed by atoms with Crippen molar-refractivity contribution in [3.63, 3.8) is 0 Å². The largest absolute Gasteiger partial charge is 0.356 e. The summed E-state index contributed by atoms with van der Waals surface area (Å²) in [5.41, 5.74) is 7.31. The maximum atomic E-state index is 13.6. The van der Waals surface area contributed by atoms with E-state index in [1.807, 2.05) is 0 Å². The van der Waals surface area contributed by atoms with Crippen molar-refractivity contribution in [2.45, 2.75) is 45.2 Å². The average molecular weight is 435 g/mol. The number of nitriles is 1. The fourth-order valence-corrected chi connectivity index (χ4v) is 4.17. The van der Waals surface area contributed by atoms with Crippen LogP contribution < -0.4 is 15.5 Å². The minimum absolute atomic E-state index is 0.0118. The molecule has 4 rings (SSSR count). The highest BCUT2D eigenvalue weighted by Gasteiger charge is 2.41. The van der Waals surface area contributed by atoms with Gasteiger partial charge in [-0.25, -0.2) is 0 Å². The summed E-state index contributed by atoms with van der Waals surface area (Å²) in [7, 11) is 1.68. The van der Waals surface area contributed by atoms with Gasteiger partial charge in [0.25, 0.3) is 5.91 Å². The molecule has 0 aromatic carbocycles. The lowest BCUT2D eigenvalue weighted by molar-refractivity contribution is -0.00132. The number of nitrogens with two attached hydrogens (primary N) is 1. The van der Waals surface area contributed by atoms with Gasteiger partial charge in [-0.15, -0.1) is 5.92 Å². The van der Waals surface area contributed by atoms with Crippen LogP contribution in [0.1, 0.15) is 41.5 Å². The van der Waals surface area contributed by atoms with E-state index >= 15 is 0 Å². The summed E-state index contributed by atoms with van der Waals surface area (Å²) >= 11 is 0. The zero-order chi connectivity index (χ0) is 22.8. The number of aromatic nitrogens is 3. The first-order valence-electron chi connectivity index (χ1n) is 10.5. The molecule has 2 aliphatic heterocycles. The summed E-state index contributed by atoms with van der Waals surface area (Å²) in [6.45, 7) is 3.44. The Morgan fingerprint density at radius 1 is 1.41 bits per heavy atom. The zero-order valence-corrected chi connectivity index (χ0v) is 18.2. The molecule has 2 aromatic rings. The molecule has 10 heteroatoms. The van der Waals surface area contributed by atoms with Gasteiger partial charge in [0.15, 0.2) is 11.5 Å². The van der Waals surface area contributed by atoms with Crippen molar-refractivity contribution < 1.29 is 9.90 Å². The second kappa shape index (κ2) is 8.87. The number of pyridine rings is 1. The number of anilines is 2. The van der Waals surface area contributed by atoms with Crippen LogP contribution in [0.25, 0.3) is 0 Å². The van der Waals surface area contributed by atoms with E-state index in [2.05, 4.69) is 27.8 Å². The van der Waals surface area contributed by atoms with Crippen LogP contribution in [0.4, 0.5) is 11.8 Å². The van der Waals surface area contributed by atoms with Crippen LogP contribution in [0.5, 0.6) is 0 Å². The molecule has 3 N–H and O–H groups in total. The predicted molar refractivity (Wildman–Crippen MR) is 118 cm³/mol. The number of imidazole rings is 1. The summed E-state index contributed by atoms with van der Waals surface area (Å²) < 4.78 is 1.80. The van der Waals surface area contributed by atoms with E-state index in [-0.39, 0.29) is 19.1 Å². The number of piperidine rings is 1. The molecule has 10 nitrogen and oxygen atoms in total. The van der Waals surface area contributed by atoms with E-state index in [0.29, 0.717) is 35.3 Å². The molecule has 4 heterocycles. The van der Waals surface area contributed by atoms with Crippen molar-refractivity contribution in [2.75, 3.05) is 29.9 Å². The van der Waals surface area contributed by atoms with E-state index in [1.165, 1.54) is 4.90 Å². The third-order valence-electron chi connectivity index (χ3n) is 5.84. The fourth-order valence-electron chi connectivity index (χ4n) is 4.17. The van der Waals surface area contributed by atoms with Crippen LogP contribution in [-0.2, 0) is 13.1 Å². The van der Waals surface area contributed by atoms with Gasteiger partial charge in [0.2, 0.25) is 12.3 Å². The number of carbonyl (C=O) groups is 1. The average Bonchev–Trinajstić information content (AvgIpc) is 3.19. The summed E-state index contributed by atoms with van der Waals surface area (Å²) in [6.07, 6.45) is 2.20. The highest BCUT2D eigenvalue weighted by Crippen LogP contribution is 2.34. The predicted octanol–water partition coefficient (Wildman–Crippen LogP) is 0.469. The maximum absolute atomic E-state index is 13.6. The number of rotatable bonds is 4. The Balaban J connectivity index is 1.77. The van der Waals surface area contributed by atoms with Crippen molar-refractivity contribution in [3.8, 4) is 17.9 Å². The second-order valence-electron chi connectivity index (χ2n) is 7.95. The number of nitrogens with zero attached hydrogens (tertiary/aromatic N) is 7. The van der Waals surface area contributed by atoms with Gasteiger partial charge in [0.1, 0.15) is 6.07 Å². The molecule has 2 aromatic heterocycles. The molecule has 1 amide bonds. The van der Waals surface area contributed by atoms with Gasteiger partial charge >= 0.3 is 0 Å². The molecule has 1 saturated heterocycles. The van der Waals surface area contributed by atoms with Gasteiger partial charge < -0.3 is 20.6 Å². The lowest BCUT2D eigenvalue weighted by Crippen LogP contribution is -2.54. The Kier molecular flexibility index (Phi) is 5.99. The monoisotopic (exact) mass is 434 g/mol. The minimum Gasteiger partial charge on any atom is -0.356 e. The van der Waals surface area contributed by atoms with E-state index < -0.39 is 12.3 Å². The molecule has 0 radical (unpaired) electrons. The number of amides is 1. The molecule has 0 aliphatic carbocycles. The Morgan fingerprint density at radius 3 is 2.94 bits per heavy atom. The van der Waals surface area contributed by atoms with Crippen LogP contribution in [0.2, 0.25) is 0 Å². The molecule has 166 valence electrons. The number of fused-ring (bicyclic) bond motifs is 1. The van der Waals surface area contributed by atoms with Gasteiger partial charge in [-0.3, -0.25) is 19.2 Å². The van der Waals surface area contributed by atoms with E-state index in [9.17, 15) is 15.2 Å². The van der Waals surface area contributed by atoms with Crippen LogP contribution in [0, 0.1) is 23.2 Å². The van der Waals surface area contributed by atoms with Crippen LogP contribution in [-0.4, -0.2) is 63.0 Å². The molecule has 2 aliphatic rings. The smallest absolute Gasteiger partial charge is 0.278 e. The third kappa shape index (κ3) is 3.75. The molecular formula is C22H26N8O2. The molecule has 0 spiro atoms. The SMILES string of the molecule is CC#CCn1c(N2CCC[C@@H](N)C2)nc2c1C(=O)N(Cc1ncccc1C#N)C(O)N2C. The van der Waals surface area contributed by atoms with Crippen LogP contribution >= 0.6 is 0 Å². The summed E-state index contributed by atoms with van der Waals surface area (Å²) in [4.78, 5) is 27.5. The normalized spacial score (nSPS) is 20.5. The summed E-state index contributed by atoms with van der Waals surface area (Å²) in [5.74, 6) is 6.53. The zero-order valence-electron chi connectivity index (χ0n) is 18.2. The molecule has 2 atom stereocenters. The molecule has 0 bridgehead atoms. The quantitative estimate of drug-likeness (QED) is 0.665. The number of aliphatic hydroxyl groups excluding tert-OH is 1. The van der Waals surface area contributed by atoms with E-state index in [0.717, 1.165) is 19.4 Å². The Morgan fingerprint density at radius 2 is 2.22 bits per heavy atom. The Labute approximate surface area is 186 Å². The third-order valence-corrected chi connectivity index (χ3v) is 5.84. The molecule has 0 saturated carbocycles. The van der Waals surface area contributed by atoms with Gasteiger partial charge in [-0.05, 0) is 31.9 Å². The summed E-state index contributed by atoms with van der Waals surface area (Å²) in [6, 6.07) is 5.42. The topological polar surface area (TPSA) is 128 Å². The number of hydrogen-bond donors (Lipinski definition) is 2. The first kappa shape index (κ1) is 21.6. The van der Waals surface area contributed by atoms with Crippen molar-refractivity contribution in [3.05, 3.63) is 35.3 Å². The highest BCUT2D eigenvalue weighted by atomic mass is 16.3. The van der Waals surface area contributed by atoms with Gasteiger partial charge in [0.05, 0.1) is 24.3 Å². The van der Waals surface area contributed by atoms with Gasteiger partial charge in [-0.2, -0.15) is 10.2 Å². The van der Waals surface area contributed by atoms with Crippen LogP contribution in [0.3, 0.4) is 0 Å². The first-order valence-corrected chi connectivity index (χ1v) is 10.5. The minimum atomic E-state index is -1.25. The van der Waals surface area contributed by atoms with Crippen molar-refractivity contribution in [1.29, 1.82) is 5.26 Å². The first-order chi connectivity index (χ1) is 15.5. The second-order valence-corrected chi connectivity index (χ2v) is 7.95. The number of carbonyl (C=O) groups excluding carboxylic acids is 1. The molecule has 32 heavy (non-hydrogen) atoms. The summed E-state index contributed by atoms with van der Waals surface area (Å²) in [5, 5.41) is 20.3. The van der Waals surface area contributed by atoms with Gasteiger partial charge in [-0.1, -0.05) is 5.92 Å². The van der Waals surface area contributed by atoms with Crippen molar-refractivity contribution in [2.24, 2.45) is 5.73 Å². The van der Waals surface area contributed by atoms with E-state index in [4.69, 9.17) is 10.7 Å². The maximum Gasteiger partial charge on any atom is 0.278 e. The van der Waals surface area contributed by atoms with E-state index in [1.54, 1.807) is 41.8 Å². The Hall–Kier alpha value is -3.60. The van der Waals surface area contributed by atoms with Crippen molar-refractivity contribution >= 4 is 17.7 Å². The molecular weight excluding hydrogens is 408 g/mol. The highest BCUT2D eigenvalue weighted by molar-refractivity contribution is 6.00. The number of hydrogen-bond acceptors (Lipinski definition) is 8. The molecule has 1 unspecified atom stereocenters. The lowest BCUT2D eigenvalue weighted by atomic mass is 10.1.